The molecule has 0 saturated heterocycles. The highest BCUT2D eigenvalue weighted by Gasteiger charge is 2.18. The number of nitrogens with zero attached hydrogens (tertiary/aromatic N) is 1. The maximum Gasteiger partial charge on any atom is 0.240 e. The van der Waals surface area contributed by atoms with Crippen molar-refractivity contribution in [3.63, 3.8) is 0 Å². The van der Waals surface area contributed by atoms with Crippen molar-refractivity contribution in [2.45, 2.75) is 44.0 Å². The molecule has 6 nitrogen and oxygen atoms in total. The number of aromatic nitrogens is 2. The molecule has 0 fully saturated rings. The topological polar surface area (TPSA) is 84.1 Å². The predicted molar refractivity (Wildman–Crippen MR) is 87.0 cm³/mol. The van der Waals surface area contributed by atoms with E-state index in [0.717, 1.165) is 42.6 Å². The Kier molecular flexibility index (Phi) is 4.41. The molecule has 0 radical (unpaired) electrons. The van der Waals surface area contributed by atoms with Gasteiger partial charge in [0, 0.05) is 5.69 Å². The Hall–Kier alpha value is -1.86. The average Bonchev–Trinajstić information content (AvgIpc) is 2.96. The summed E-state index contributed by atoms with van der Waals surface area (Å²) in [6.45, 7) is 1.98. The number of fused-ring (bicyclic) bond motifs is 1. The number of methoxy groups -OCH3 is 1. The summed E-state index contributed by atoms with van der Waals surface area (Å²) >= 11 is 0. The van der Waals surface area contributed by atoms with Gasteiger partial charge < -0.3 is 9.72 Å². The molecule has 0 amide bonds. The molecule has 0 bridgehead atoms. The van der Waals surface area contributed by atoms with E-state index in [1.54, 1.807) is 25.3 Å². The first kappa shape index (κ1) is 16.0. The molecular formula is C16H21N3O3S. The molecule has 3 rings (SSSR count). The number of sulfonamides is 1. The SMILES string of the molecule is COc1ccc(S(=O)(=O)NCc2nc3c([nH]2)CCCC3)cc1C. The Morgan fingerprint density at radius 3 is 2.78 bits per heavy atom. The third-order valence-electron chi connectivity index (χ3n) is 4.11. The first-order chi connectivity index (χ1) is 11.0. The number of rotatable bonds is 5. The van der Waals surface area contributed by atoms with Gasteiger partial charge in [0.15, 0.2) is 0 Å². The van der Waals surface area contributed by atoms with Gasteiger partial charge in [0.05, 0.1) is 24.2 Å². The molecule has 0 spiro atoms. The predicted octanol–water partition coefficient (Wildman–Crippen LogP) is 2.08. The van der Waals surface area contributed by atoms with Crippen molar-refractivity contribution in [1.82, 2.24) is 14.7 Å². The van der Waals surface area contributed by atoms with Crippen molar-refractivity contribution in [2.24, 2.45) is 0 Å². The second kappa shape index (κ2) is 6.33. The van der Waals surface area contributed by atoms with E-state index < -0.39 is 10.0 Å². The van der Waals surface area contributed by atoms with Gasteiger partial charge in [-0.1, -0.05) is 0 Å². The lowest BCUT2D eigenvalue weighted by Gasteiger charge is -2.09. The summed E-state index contributed by atoms with van der Waals surface area (Å²) in [4.78, 5) is 7.95. The third kappa shape index (κ3) is 3.40. The Morgan fingerprint density at radius 2 is 2.09 bits per heavy atom. The Bertz CT molecular complexity index is 788. The van der Waals surface area contributed by atoms with E-state index in [1.807, 2.05) is 6.92 Å². The molecule has 7 heteroatoms. The fourth-order valence-corrected chi connectivity index (χ4v) is 3.93. The summed E-state index contributed by atoms with van der Waals surface area (Å²) < 4.78 is 32.6. The van der Waals surface area contributed by atoms with Gasteiger partial charge in [0.1, 0.15) is 11.6 Å². The van der Waals surface area contributed by atoms with Gasteiger partial charge in [-0.2, -0.15) is 0 Å². The van der Waals surface area contributed by atoms with Gasteiger partial charge >= 0.3 is 0 Å². The van der Waals surface area contributed by atoms with Crippen LogP contribution >= 0.6 is 0 Å². The highest BCUT2D eigenvalue weighted by Crippen LogP contribution is 2.22. The van der Waals surface area contributed by atoms with Gasteiger partial charge in [0.2, 0.25) is 10.0 Å². The number of hydrogen-bond donors (Lipinski definition) is 2. The molecule has 0 atom stereocenters. The van der Waals surface area contributed by atoms with Gasteiger partial charge in [-0.05, 0) is 56.4 Å². The second-order valence-electron chi connectivity index (χ2n) is 5.77. The van der Waals surface area contributed by atoms with Gasteiger partial charge in [0.25, 0.3) is 0 Å². The van der Waals surface area contributed by atoms with Gasteiger partial charge in [-0.15, -0.1) is 0 Å². The first-order valence-corrected chi connectivity index (χ1v) is 9.19. The molecule has 0 aliphatic heterocycles. The van der Waals surface area contributed by atoms with Crippen molar-refractivity contribution >= 4 is 10.0 Å². The monoisotopic (exact) mass is 335 g/mol. The van der Waals surface area contributed by atoms with Crippen LogP contribution in [0.4, 0.5) is 0 Å². The number of imidazole rings is 1. The molecule has 2 aromatic rings. The number of ether oxygens (including phenoxy) is 1. The third-order valence-corrected chi connectivity index (χ3v) is 5.51. The van der Waals surface area contributed by atoms with E-state index in [1.165, 1.54) is 0 Å². The van der Waals surface area contributed by atoms with Gasteiger partial charge in [-0.25, -0.2) is 18.1 Å². The minimum Gasteiger partial charge on any atom is -0.496 e. The molecule has 1 aliphatic carbocycles. The molecular weight excluding hydrogens is 314 g/mol. The maximum atomic E-state index is 12.4. The van der Waals surface area contributed by atoms with Crippen LogP contribution in [0, 0.1) is 6.92 Å². The van der Waals surface area contributed by atoms with E-state index in [9.17, 15) is 8.42 Å². The molecule has 1 aromatic carbocycles. The van der Waals surface area contributed by atoms with Crippen LogP contribution in [0.15, 0.2) is 23.1 Å². The zero-order chi connectivity index (χ0) is 16.4. The summed E-state index contributed by atoms with van der Waals surface area (Å²) in [5, 5.41) is 0. The summed E-state index contributed by atoms with van der Waals surface area (Å²) in [5.41, 5.74) is 3.00. The fourth-order valence-electron chi connectivity index (χ4n) is 2.86. The zero-order valence-corrected chi connectivity index (χ0v) is 14.2. The number of aromatic amines is 1. The van der Waals surface area contributed by atoms with Crippen molar-refractivity contribution in [2.75, 3.05) is 7.11 Å². The Labute approximate surface area is 136 Å². The summed E-state index contributed by atoms with van der Waals surface area (Å²) in [6, 6.07) is 4.81. The van der Waals surface area contributed by atoms with E-state index in [0.29, 0.717) is 11.6 Å². The highest BCUT2D eigenvalue weighted by molar-refractivity contribution is 7.89. The quantitative estimate of drug-likeness (QED) is 0.876. The maximum absolute atomic E-state index is 12.4. The van der Waals surface area contributed by atoms with Crippen LogP contribution in [0.3, 0.4) is 0 Å². The molecule has 23 heavy (non-hydrogen) atoms. The van der Waals surface area contributed by atoms with Crippen molar-refractivity contribution < 1.29 is 13.2 Å². The Morgan fingerprint density at radius 1 is 1.30 bits per heavy atom. The number of nitrogens with one attached hydrogen (secondary N) is 2. The van der Waals surface area contributed by atoms with Crippen LogP contribution in [0.25, 0.3) is 0 Å². The van der Waals surface area contributed by atoms with E-state index in [4.69, 9.17) is 4.74 Å². The lowest BCUT2D eigenvalue weighted by atomic mass is 10.0. The van der Waals surface area contributed by atoms with Gasteiger partial charge in [-0.3, -0.25) is 0 Å². The Balaban J connectivity index is 1.73. The van der Waals surface area contributed by atoms with E-state index in [2.05, 4.69) is 14.7 Å². The van der Waals surface area contributed by atoms with E-state index in [-0.39, 0.29) is 11.4 Å². The molecule has 124 valence electrons. The lowest BCUT2D eigenvalue weighted by molar-refractivity contribution is 0.411. The lowest BCUT2D eigenvalue weighted by Crippen LogP contribution is -2.24. The van der Waals surface area contributed by atoms with Crippen molar-refractivity contribution in [3.05, 3.63) is 41.0 Å². The first-order valence-electron chi connectivity index (χ1n) is 7.70. The standard InChI is InChI=1S/C16H21N3O3S/c1-11-9-12(7-8-15(11)22-2)23(20,21)17-10-16-18-13-5-3-4-6-14(13)19-16/h7-9,17H,3-6,10H2,1-2H3,(H,18,19). The largest absolute Gasteiger partial charge is 0.496 e. The number of aryl methyl sites for hydroxylation is 3. The second-order valence-corrected chi connectivity index (χ2v) is 7.54. The summed E-state index contributed by atoms with van der Waals surface area (Å²) in [7, 11) is -2.01. The molecule has 1 aromatic heterocycles. The minimum absolute atomic E-state index is 0.167. The van der Waals surface area contributed by atoms with Crippen LogP contribution in [0.5, 0.6) is 5.75 Å². The van der Waals surface area contributed by atoms with Crippen molar-refractivity contribution in [3.8, 4) is 5.75 Å². The summed E-state index contributed by atoms with van der Waals surface area (Å²) in [5.74, 6) is 1.34. The number of hydrogen-bond acceptors (Lipinski definition) is 4. The summed E-state index contributed by atoms with van der Waals surface area (Å²) in [6.07, 6.45) is 4.27. The number of benzene rings is 1. The van der Waals surface area contributed by atoms with Crippen molar-refractivity contribution in [1.29, 1.82) is 0 Å². The minimum atomic E-state index is -3.57. The molecule has 0 saturated carbocycles. The zero-order valence-electron chi connectivity index (χ0n) is 13.3. The molecule has 2 N–H and O–H groups in total. The highest BCUT2D eigenvalue weighted by atomic mass is 32.2. The van der Waals surface area contributed by atoms with Crippen LogP contribution in [-0.2, 0) is 29.4 Å². The number of H-pyrrole nitrogens is 1. The van der Waals surface area contributed by atoms with E-state index >= 15 is 0 Å². The van der Waals surface area contributed by atoms with Crippen LogP contribution in [0.2, 0.25) is 0 Å². The van der Waals surface area contributed by atoms with Crippen LogP contribution in [0.1, 0.15) is 35.6 Å². The normalized spacial score (nSPS) is 14.5. The fraction of sp³-hybridized carbons (Fsp3) is 0.438. The average molecular weight is 335 g/mol. The van der Waals surface area contributed by atoms with Crippen LogP contribution in [-0.4, -0.2) is 25.5 Å². The van der Waals surface area contributed by atoms with Crippen LogP contribution < -0.4 is 9.46 Å². The molecule has 0 unspecified atom stereocenters. The smallest absolute Gasteiger partial charge is 0.240 e. The molecule has 1 aliphatic rings. The molecule has 1 heterocycles.